The Balaban J connectivity index is 2.21. The van der Waals surface area contributed by atoms with Crippen LogP contribution in [0.25, 0.3) is 0 Å². The van der Waals surface area contributed by atoms with Gasteiger partial charge in [0.2, 0.25) is 0 Å². The minimum absolute atomic E-state index is 0.285. The Morgan fingerprint density at radius 2 is 2.50 bits per heavy atom. The monoisotopic (exact) mass is 136 g/mol. The second-order valence-corrected chi connectivity index (χ2v) is 2.66. The molecule has 1 aliphatic rings. The average Bonchev–Trinajstić information content (AvgIpc) is 2.34. The van der Waals surface area contributed by atoms with Crippen LogP contribution in [0.2, 0.25) is 0 Å². The molecule has 0 aromatic carbocycles. The summed E-state index contributed by atoms with van der Waals surface area (Å²) in [5.41, 5.74) is 1.38. The highest BCUT2D eigenvalue weighted by Gasteiger charge is 2.00. The van der Waals surface area contributed by atoms with Gasteiger partial charge in [-0.1, -0.05) is 23.8 Å². The summed E-state index contributed by atoms with van der Waals surface area (Å²) in [6.45, 7) is 1.64. The summed E-state index contributed by atoms with van der Waals surface area (Å²) in [6.07, 6.45) is 8.97. The van der Waals surface area contributed by atoms with Gasteiger partial charge < -0.3 is 4.79 Å². The van der Waals surface area contributed by atoms with Crippen molar-refractivity contribution in [3.63, 3.8) is 0 Å². The van der Waals surface area contributed by atoms with Gasteiger partial charge in [0.25, 0.3) is 0 Å². The van der Waals surface area contributed by atoms with E-state index in [1.54, 1.807) is 6.92 Å². The van der Waals surface area contributed by atoms with Crippen LogP contribution in [-0.4, -0.2) is 5.78 Å². The van der Waals surface area contributed by atoms with Crippen LogP contribution in [0.1, 0.15) is 26.2 Å². The molecule has 0 fully saturated rings. The molecule has 0 aliphatic heterocycles. The fraction of sp³-hybridized carbons (Fsp3) is 0.444. The fourth-order valence-electron chi connectivity index (χ4n) is 1.01. The summed E-state index contributed by atoms with van der Waals surface area (Å²) in [5, 5.41) is 0. The van der Waals surface area contributed by atoms with Crippen molar-refractivity contribution in [1.29, 1.82) is 0 Å². The first kappa shape index (κ1) is 7.26. The molecule has 1 rings (SSSR count). The largest absolute Gasteiger partial charge is 0.300 e. The number of Topliss-reactive ketones (excluding diaryl/α,β-unsaturated/α-hetero) is 1. The van der Waals surface area contributed by atoms with E-state index >= 15 is 0 Å². The van der Waals surface area contributed by atoms with Gasteiger partial charge in [0.1, 0.15) is 5.78 Å². The van der Waals surface area contributed by atoms with Crippen molar-refractivity contribution in [3.05, 3.63) is 23.8 Å². The van der Waals surface area contributed by atoms with E-state index in [0.29, 0.717) is 6.42 Å². The molecule has 0 saturated heterocycles. The number of hydrogen-bond donors (Lipinski definition) is 0. The van der Waals surface area contributed by atoms with E-state index in [-0.39, 0.29) is 5.78 Å². The molecule has 54 valence electrons. The molecule has 0 amide bonds. The fourth-order valence-corrected chi connectivity index (χ4v) is 1.01. The molecule has 1 heteroatoms. The highest BCUT2D eigenvalue weighted by molar-refractivity contribution is 5.75. The van der Waals surface area contributed by atoms with Crippen molar-refractivity contribution in [2.24, 2.45) is 0 Å². The van der Waals surface area contributed by atoms with Crippen LogP contribution in [0.15, 0.2) is 23.8 Å². The zero-order valence-corrected chi connectivity index (χ0v) is 6.26. The second-order valence-electron chi connectivity index (χ2n) is 2.66. The van der Waals surface area contributed by atoms with Gasteiger partial charge in [-0.3, -0.25) is 0 Å². The molecule has 0 saturated carbocycles. The summed E-state index contributed by atoms with van der Waals surface area (Å²) in [6, 6.07) is 0. The summed E-state index contributed by atoms with van der Waals surface area (Å²) in [4.78, 5) is 10.6. The topological polar surface area (TPSA) is 17.1 Å². The number of rotatable bonds is 3. The van der Waals surface area contributed by atoms with Gasteiger partial charge in [0.05, 0.1) is 0 Å². The smallest absolute Gasteiger partial charge is 0.130 e. The first-order valence-corrected chi connectivity index (χ1v) is 3.63. The van der Waals surface area contributed by atoms with E-state index in [1.165, 1.54) is 5.57 Å². The van der Waals surface area contributed by atoms with Gasteiger partial charge in [0, 0.05) is 6.42 Å². The highest BCUT2D eigenvalue weighted by Crippen LogP contribution is 2.15. The predicted octanol–water partition coefficient (Wildman–Crippen LogP) is 2.24. The first-order chi connectivity index (χ1) is 4.79. The van der Waals surface area contributed by atoms with Gasteiger partial charge in [-0.2, -0.15) is 0 Å². The van der Waals surface area contributed by atoms with Crippen molar-refractivity contribution < 1.29 is 4.79 Å². The lowest BCUT2D eigenvalue weighted by Gasteiger charge is -1.96. The van der Waals surface area contributed by atoms with Gasteiger partial charge >= 0.3 is 0 Å². The normalized spacial score (nSPS) is 15.5. The van der Waals surface area contributed by atoms with Crippen molar-refractivity contribution in [3.8, 4) is 0 Å². The Morgan fingerprint density at radius 3 is 3.00 bits per heavy atom. The molecule has 1 aliphatic carbocycles. The zero-order chi connectivity index (χ0) is 7.40. The van der Waals surface area contributed by atoms with Crippen molar-refractivity contribution in [1.82, 2.24) is 0 Å². The first-order valence-electron chi connectivity index (χ1n) is 3.63. The van der Waals surface area contributed by atoms with Gasteiger partial charge in [0.15, 0.2) is 0 Å². The second kappa shape index (κ2) is 3.35. The van der Waals surface area contributed by atoms with Gasteiger partial charge in [-0.25, -0.2) is 0 Å². The number of allylic oxidation sites excluding steroid dienone is 4. The van der Waals surface area contributed by atoms with E-state index in [9.17, 15) is 4.79 Å². The van der Waals surface area contributed by atoms with Crippen molar-refractivity contribution in [2.75, 3.05) is 0 Å². The van der Waals surface area contributed by atoms with Crippen LogP contribution in [0, 0.1) is 0 Å². The molecule has 0 aromatic rings. The number of carbonyl (C=O) groups excluding carboxylic acids is 1. The lowest BCUT2D eigenvalue weighted by molar-refractivity contribution is -0.116. The summed E-state index contributed by atoms with van der Waals surface area (Å²) >= 11 is 0. The molecule has 0 spiro atoms. The lowest BCUT2D eigenvalue weighted by atomic mass is 10.1. The third-order valence-corrected chi connectivity index (χ3v) is 1.65. The maximum absolute atomic E-state index is 10.6. The molecular formula is C9H12O. The van der Waals surface area contributed by atoms with Crippen LogP contribution >= 0.6 is 0 Å². The van der Waals surface area contributed by atoms with Crippen LogP contribution in [0.3, 0.4) is 0 Å². The minimum Gasteiger partial charge on any atom is -0.300 e. The Bertz CT molecular complexity index is 187. The molecule has 0 unspecified atom stereocenters. The molecule has 10 heavy (non-hydrogen) atoms. The molecular weight excluding hydrogens is 124 g/mol. The van der Waals surface area contributed by atoms with E-state index in [1.807, 2.05) is 0 Å². The Labute approximate surface area is 61.4 Å². The van der Waals surface area contributed by atoms with Crippen LogP contribution in [0.5, 0.6) is 0 Å². The Morgan fingerprint density at radius 1 is 1.70 bits per heavy atom. The zero-order valence-electron chi connectivity index (χ0n) is 6.26. The van der Waals surface area contributed by atoms with E-state index < -0.39 is 0 Å². The van der Waals surface area contributed by atoms with Crippen molar-refractivity contribution >= 4 is 5.78 Å². The third-order valence-electron chi connectivity index (χ3n) is 1.65. The van der Waals surface area contributed by atoms with Gasteiger partial charge in [-0.15, -0.1) is 0 Å². The maximum Gasteiger partial charge on any atom is 0.130 e. The number of carbonyl (C=O) groups is 1. The number of hydrogen-bond acceptors (Lipinski definition) is 1. The molecule has 0 N–H and O–H groups in total. The summed E-state index contributed by atoms with van der Waals surface area (Å²) < 4.78 is 0. The molecule has 0 aromatic heterocycles. The minimum atomic E-state index is 0.285. The van der Waals surface area contributed by atoms with E-state index in [0.717, 1.165) is 12.8 Å². The standard InChI is InChI=1S/C9H12O/c1-8(10)6-7-9-4-2-3-5-9/h2-4H,5-7H2,1H3. The summed E-state index contributed by atoms with van der Waals surface area (Å²) in [5.74, 6) is 0.285. The average molecular weight is 136 g/mol. The predicted molar refractivity (Wildman–Crippen MR) is 41.8 cm³/mol. The highest BCUT2D eigenvalue weighted by atomic mass is 16.1. The van der Waals surface area contributed by atoms with Crippen LogP contribution < -0.4 is 0 Å². The molecule has 1 nitrogen and oxygen atoms in total. The molecule has 0 radical (unpaired) electrons. The number of ketones is 1. The molecule has 0 heterocycles. The maximum atomic E-state index is 10.6. The van der Waals surface area contributed by atoms with E-state index in [2.05, 4.69) is 18.2 Å². The molecule has 0 bridgehead atoms. The van der Waals surface area contributed by atoms with Crippen molar-refractivity contribution in [2.45, 2.75) is 26.2 Å². The van der Waals surface area contributed by atoms with Crippen LogP contribution in [-0.2, 0) is 4.79 Å². The Kier molecular flexibility index (Phi) is 2.43. The van der Waals surface area contributed by atoms with Crippen LogP contribution in [0.4, 0.5) is 0 Å². The van der Waals surface area contributed by atoms with E-state index in [4.69, 9.17) is 0 Å². The lowest BCUT2D eigenvalue weighted by Crippen LogP contribution is -1.90. The SMILES string of the molecule is CC(=O)CCC1=CC=CC1. The summed E-state index contributed by atoms with van der Waals surface area (Å²) in [7, 11) is 0. The third kappa shape index (κ3) is 2.18. The quantitative estimate of drug-likeness (QED) is 0.581. The Hall–Kier alpha value is -0.850. The van der Waals surface area contributed by atoms with Gasteiger partial charge in [-0.05, 0) is 19.8 Å². The molecule has 0 atom stereocenters.